The van der Waals surface area contributed by atoms with Crippen molar-refractivity contribution in [2.45, 2.75) is 0 Å². The summed E-state index contributed by atoms with van der Waals surface area (Å²) >= 11 is 0. The van der Waals surface area contributed by atoms with E-state index < -0.39 is 0 Å². The van der Waals surface area contributed by atoms with E-state index in [4.69, 9.17) is 19.9 Å². The predicted molar refractivity (Wildman–Crippen MR) is 632 cm³/mol. The highest BCUT2D eigenvalue weighted by atomic mass is 14.9. The Morgan fingerprint density at radius 2 is 0.227 bits per heavy atom. The Balaban J connectivity index is 0.0000000957. The Labute approximate surface area is 861 Å². The molecule has 0 radical (unpaired) electrons. The second-order valence-corrected chi connectivity index (χ2v) is 41.4. The zero-order valence-corrected chi connectivity index (χ0v) is 81.0. The van der Waals surface area contributed by atoms with Crippen molar-refractivity contribution in [1.29, 1.82) is 0 Å². The smallest absolute Gasteiger partial charge is 0.159 e. The molecular weight excluding hydrogens is 1810 g/mol. The summed E-state index contributed by atoms with van der Waals surface area (Å²) in [7, 11) is 0. The summed E-state index contributed by atoms with van der Waals surface area (Å²) in [5.74, 6) is 1.44. The Morgan fingerprint density at radius 3 is 0.393 bits per heavy atom. The van der Waals surface area contributed by atoms with Crippen molar-refractivity contribution in [2.75, 3.05) is 0 Å². The molecule has 28 aromatic carbocycles. The first-order valence-electron chi connectivity index (χ1n) is 52.0. The summed E-state index contributed by atoms with van der Waals surface area (Å²) in [4.78, 5) is 19.2. The Kier molecular flexibility index (Phi) is 16.8. The van der Waals surface area contributed by atoms with Crippen molar-refractivity contribution in [2.24, 2.45) is 0 Å². The topological polar surface area (TPSA) is 51.6 Å². The number of rotatable bonds is 6. The second-order valence-electron chi connectivity index (χ2n) is 41.4. The number of hydrogen-bond donors (Lipinski definition) is 0. The van der Waals surface area contributed by atoms with Crippen LogP contribution >= 0.6 is 0 Å². The summed E-state index contributed by atoms with van der Waals surface area (Å²) in [6.45, 7) is 0. The number of aromatic nitrogens is 4. The highest BCUT2D eigenvalue weighted by molar-refractivity contribution is 6.35. The average Bonchev–Trinajstić information content (AvgIpc) is 1.44. The molecule has 2 aromatic heterocycles. The van der Waals surface area contributed by atoms with E-state index in [1.54, 1.807) is 0 Å². The Hall–Kier alpha value is -19.8. The minimum Gasteiger partial charge on any atom is -0.237 e. The molecule has 0 atom stereocenters. The van der Waals surface area contributed by atoms with Gasteiger partial charge in [-0.2, -0.15) is 0 Å². The number of hydrogen-bond acceptors (Lipinski definition) is 4. The molecule has 36 rings (SSSR count). The van der Waals surface area contributed by atoms with Crippen LogP contribution < -0.4 is 0 Å². The van der Waals surface area contributed by atoms with E-state index in [-0.39, 0.29) is 0 Å². The lowest BCUT2D eigenvalue weighted by Gasteiger charge is -2.18. The number of benzene rings is 28. The monoisotopic (exact) mass is 1890 g/mol. The van der Waals surface area contributed by atoms with Gasteiger partial charge in [0.15, 0.2) is 11.6 Å². The van der Waals surface area contributed by atoms with Crippen LogP contribution in [0.1, 0.15) is 0 Å². The van der Waals surface area contributed by atoms with Gasteiger partial charge in [0, 0.05) is 35.9 Å². The zero-order valence-electron chi connectivity index (χ0n) is 81.0. The summed E-state index contributed by atoms with van der Waals surface area (Å²) in [6, 6.07) is 172. The van der Waals surface area contributed by atoms with Crippen LogP contribution in [0.2, 0.25) is 0 Å². The molecule has 4 heteroatoms. The van der Waals surface area contributed by atoms with Crippen LogP contribution in [-0.2, 0) is 0 Å². The molecule has 0 unspecified atom stereocenters. The van der Waals surface area contributed by atoms with Crippen LogP contribution in [0.25, 0.3) is 362 Å². The van der Waals surface area contributed by atoms with Crippen LogP contribution in [-0.4, -0.2) is 19.9 Å². The Morgan fingerprint density at radius 1 is 0.0933 bits per heavy atom. The molecule has 0 spiro atoms. The van der Waals surface area contributed by atoms with Crippen LogP contribution in [0.3, 0.4) is 0 Å². The largest absolute Gasteiger partial charge is 0.237 e. The van der Waals surface area contributed by atoms with Crippen molar-refractivity contribution in [3.63, 3.8) is 0 Å². The second kappa shape index (κ2) is 30.9. The summed E-state index contributed by atoms with van der Waals surface area (Å²) in [5.41, 5.74) is 43.5. The lowest BCUT2D eigenvalue weighted by atomic mass is 9.85. The molecule has 2 heterocycles. The quantitative estimate of drug-likeness (QED) is 0.156. The summed E-state index contributed by atoms with van der Waals surface area (Å²) in [6.07, 6.45) is 7.34. The summed E-state index contributed by atoms with van der Waals surface area (Å²) < 4.78 is 0. The van der Waals surface area contributed by atoms with Gasteiger partial charge in [0.1, 0.15) is 0 Å². The molecule has 6 aliphatic carbocycles. The van der Waals surface area contributed by atoms with Crippen molar-refractivity contribution in [1.82, 2.24) is 19.9 Å². The van der Waals surface area contributed by atoms with Gasteiger partial charge >= 0.3 is 0 Å². The van der Waals surface area contributed by atoms with E-state index in [1.807, 2.05) is 36.9 Å². The first kappa shape index (κ1) is 81.6. The molecule has 684 valence electrons. The maximum absolute atomic E-state index is 4.80. The fourth-order valence-corrected chi connectivity index (χ4v) is 27.5. The van der Waals surface area contributed by atoms with Gasteiger partial charge in [-0.05, 0) is 461 Å². The van der Waals surface area contributed by atoms with Crippen molar-refractivity contribution < 1.29 is 0 Å². The molecule has 0 N–H and O–H groups in total. The third kappa shape index (κ3) is 11.5. The van der Waals surface area contributed by atoms with Gasteiger partial charge in [0.25, 0.3) is 0 Å². The van der Waals surface area contributed by atoms with Gasteiger partial charge in [-0.1, -0.05) is 340 Å². The molecule has 0 bridgehead atoms. The van der Waals surface area contributed by atoms with Crippen LogP contribution in [0, 0.1) is 0 Å². The minimum absolute atomic E-state index is 0.718. The zero-order chi connectivity index (χ0) is 97.5. The molecule has 150 heavy (non-hydrogen) atoms. The first-order chi connectivity index (χ1) is 74.4. The molecule has 0 fully saturated rings. The Bertz CT molecular complexity index is 9710. The third-order valence-electron chi connectivity index (χ3n) is 33.9. The van der Waals surface area contributed by atoms with Crippen LogP contribution in [0.15, 0.2) is 486 Å². The van der Waals surface area contributed by atoms with Gasteiger partial charge in [0.05, 0.1) is 0 Å². The van der Waals surface area contributed by atoms with Gasteiger partial charge in [-0.25, -0.2) is 19.9 Å². The van der Waals surface area contributed by atoms with Crippen LogP contribution in [0.5, 0.6) is 0 Å². The molecule has 6 aliphatic rings. The van der Waals surface area contributed by atoms with Crippen molar-refractivity contribution >= 4 is 162 Å². The molecule has 30 aromatic rings. The maximum atomic E-state index is 4.80. The van der Waals surface area contributed by atoms with E-state index in [0.717, 1.165) is 44.3 Å². The van der Waals surface area contributed by atoms with E-state index in [0.29, 0.717) is 0 Å². The lowest BCUT2D eigenvalue weighted by molar-refractivity contribution is 1.18. The molecule has 0 saturated carbocycles. The average molecular weight is 1890 g/mol. The van der Waals surface area contributed by atoms with E-state index in [9.17, 15) is 0 Å². The van der Waals surface area contributed by atoms with Gasteiger partial charge in [0.2, 0.25) is 0 Å². The lowest BCUT2D eigenvalue weighted by Crippen LogP contribution is -1.95. The standard InChI is InChI=1S/2C50H28.C46H24N4/c2*1-3-11-29(12-4-1)37-23-45-46(47-27-41-35-21-9-17-31-15-7-19-33(49(31)35)39(41)25-43(37)47)24-38(30-13-5-2-6-14-30)44-26-40-34-20-8-16-32-18-10-22-36(50(32)34)42(40)28-48(44)45;1-7-25-9-3-13-29-33-21-39-35(19-31(33)27(11-1)43(25)29)37-23-42(46-49-17-6-18-50-46)40-22-34-30-14-4-10-26-8-2-12-28(44(26)30)32(34)20-36(40)38(37)24-41(39)45-47-15-5-16-48-45/h2*1-28H;1-24H. The van der Waals surface area contributed by atoms with Gasteiger partial charge in [-0.15, -0.1) is 0 Å². The maximum Gasteiger partial charge on any atom is 0.159 e. The highest BCUT2D eigenvalue weighted by Gasteiger charge is 2.34. The molecule has 0 amide bonds. The number of nitrogens with zero attached hydrogens (tertiary/aromatic N) is 4. The van der Waals surface area contributed by atoms with Crippen molar-refractivity contribution in [3.05, 3.63) is 486 Å². The highest BCUT2D eigenvalue weighted by Crippen LogP contribution is 2.61. The van der Waals surface area contributed by atoms with Gasteiger partial charge < -0.3 is 0 Å². The third-order valence-corrected chi connectivity index (χ3v) is 33.9. The number of fused-ring (bicyclic) bond motifs is 33. The molecular formula is C146H80N4. The van der Waals surface area contributed by atoms with E-state index in [1.165, 1.54) is 318 Å². The molecule has 4 nitrogen and oxygen atoms in total. The first-order valence-corrected chi connectivity index (χ1v) is 52.0. The van der Waals surface area contributed by atoms with Gasteiger partial charge in [-0.3, -0.25) is 0 Å². The normalized spacial score (nSPS) is 12.4. The minimum atomic E-state index is 0.718. The molecule has 0 saturated heterocycles. The SMILES string of the molecule is c1ccc(-c2cc3c4cc5c(cc4c(-c4ccccc4)cc3c3cc4c(cc23)-c2cccc3cccc-4c23)-c2cccc3cccc-5c23)cc1.c1ccc(-c2cc3c4cc5c(cc4c(-c4ccccc4)cc3c3cc4c(cc23)-c2cccc3cccc-4c23)-c2cccc3cccc-5c23)cc1.c1cnc(-c2cc3c4cc5c(cc4c(-c4ncccn4)cc3c3cc4c(cc23)-c2cccc3cccc-4c23)-c2cccc3cccc-5c23)nc1. The summed E-state index contributed by atoms with van der Waals surface area (Å²) in [5, 5.41) is 38.3. The molecule has 0 aliphatic heterocycles. The predicted octanol–water partition coefficient (Wildman–Crippen LogP) is 39.8. The fraction of sp³-hybridized carbons (Fsp3) is 0. The van der Waals surface area contributed by atoms with Crippen LogP contribution in [0.4, 0.5) is 0 Å². The van der Waals surface area contributed by atoms with Crippen molar-refractivity contribution in [3.8, 4) is 201 Å². The van der Waals surface area contributed by atoms with E-state index >= 15 is 0 Å². The fourth-order valence-electron chi connectivity index (χ4n) is 27.5. The van der Waals surface area contributed by atoms with E-state index in [2.05, 4.69) is 449 Å².